The molecule has 0 saturated carbocycles. The zero-order valence-corrected chi connectivity index (χ0v) is 12.2. The van der Waals surface area contributed by atoms with Crippen molar-refractivity contribution in [3.63, 3.8) is 0 Å². The quantitative estimate of drug-likeness (QED) is 0.681. The van der Waals surface area contributed by atoms with Crippen molar-refractivity contribution in [1.82, 2.24) is 0 Å². The number of hydrogen-bond donors (Lipinski definition) is 1. The topological polar surface area (TPSA) is 35.2 Å². The van der Waals surface area contributed by atoms with Crippen LogP contribution in [-0.4, -0.2) is 11.2 Å². The average molecular weight is 311 g/mol. The highest BCUT2D eigenvalue weighted by Crippen LogP contribution is 2.33. The summed E-state index contributed by atoms with van der Waals surface area (Å²) in [5, 5.41) is 0. The third-order valence-corrected chi connectivity index (χ3v) is 3.55. The molecule has 2 aromatic carbocycles. The fraction of sp³-hybridized carbons (Fsp3) is 0.0714. The van der Waals surface area contributed by atoms with E-state index in [0.29, 0.717) is 11.3 Å². The lowest BCUT2D eigenvalue weighted by molar-refractivity contribution is 0.436. The summed E-state index contributed by atoms with van der Waals surface area (Å²) in [6, 6.07) is 8.33. The molecule has 2 rings (SSSR count). The summed E-state index contributed by atoms with van der Waals surface area (Å²) in [5.74, 6) is -1.19. The van der Waals surface area contributed by atoms with Gasteiger partial charge in [-0.25, -0.2) is 8.78 Å². The predicted octanol–water partition coefficient (Wildman–Crippen LogP) is 4.11. The zero-order valence-electron chi connectivity index (χ0n) is 10.5. The molecule has 0 unspecified atom stereocenters. The first-order valence-electron chi connectivity index (χ1n) is 5.62. The molecule has 104 valence electrons. The van der Waals surface area contributed by atoms with Gasteiger partial charge in [-0.15, -0.1) is 11.8 Å². The molecule has 2 nitrogen and oxygen atoms in total. The van der Waals surface area contributed by atoms with Crippen LogP contribution in [0.2, 0.25) is 0 Å². The van der Waals surface area contributed by atoms with Crippen molar-refractivity contribution in [2.45, 2.75) is 4.90 Å². The Morgan fingerprint density at radius 3 is 2.55 bits per heavy atom. The van der Waals surface area contributed by atoms with Crippen LogP contribution in [0.5, 0.6) is 11.5 Å². The summed E-state index contributed by atoms with van der Waals surface area (Å²) in [4.78, 5) is 0.991. The molecular formula is C14H11F2NOS2. The van der Waals surface area contributed by atoms with Gasteiger partial charge in [-0.1, -0.05) is 18.3 Å². The molecular weight excluding hydrogens is 300 g/mol. The number of halogens is 2. The molecule has 0 spiro atoms. The SMILES string of the molecule is CSc1cccc(Oc2ccc(F)cc2F)c1C(N)=S. The van der Waals surface area contributed by atoms with Crippen LogP contribution in [0.15, 0.2) is 41.3 Å². The number of thioether (sulfide) groups is 1. The smallest absolute Gasteiger partial charge is 0.168 e. The van der Waals surface area contributed by atoms with E-state index in [1.54, 1.807) is 12.1 Å². The molecule has 0 amide bonds. The summed E-state index contributed by atoms with van der Waals surface area (Å²) in [6.07, 6.45) is 1.87. The minimum atomic E-state index is -0.784. The lowest BCUT2D eigenvalue weighted by Gasteiger charge is -2.13. The molecule has 0 atom stereocenters. The van der Waals surface area contributed by atoms with Gasteiger partial charge in [0.05, 0.1) is 5.56 Å². The molecule has 0 radical (unpaired) electrons. The fourth-order valence-electron chi connectivity index (χ4n) is 1.69. The number of nitrogens with two attached hydrogens (primary N) is 1. The van der Waals surface area contributed by atoms with Gasteiger partial charge < -0.3 is 10.5 Å². The van der Waals surface area contributed by atoms with E-state index in [0.717, 1.165) is 17.0 Å². The lowest BCUT2D eigenvalue weighted by atomic mass is 10.2. The second kappa shape index (κ2) is 6.19. The highest BCUT2D eigenvalue weighted by molar-refractivity contribution is 7.98. The van der Waals surface area contributed by atoms with E-state index in [-0.39, 0.29) is 10.7 Å². The van der Waals surface area contributed by atoms with Crippen LogP contribution in [0.3, 0.4) is 0 Å². The van der Waals surface area contributed by atoms with Gasteiger partial charge in [0.25, 0.3) is 0 Å². The second-order valence-electron chi connectivity index (χ2n) is 3.87. The molecule has 0 aliphatic carbocycles. The van der Waals surface area contributed by atoms with Gasteiger partial charge in [0.2, 0.25) is 0 Å². The van der Waals surface area contributed by atoms with E-state index in [9.17, 15) is 8.78 Å². The maximum absolute atomic E-state index is 13.6. The molecule has 0 saturated heterocycles. The Morgan fingerprint density at radius 2 is 1.95 bits per heavy atom. The summed E-state index contributed by atoms with van der Waals surface area (Å²) in [7, 11) is 0. The molecule has 0 heterocycles. The Labute approximate surface area is 124 Å². The van der Waals surface area contributed by atoms with Gasteiger partial charge >= 0.3 is 0 Å². The number of benzene rings is 2. The van der Waals surface area contributed by atoms with E-state index in [1.165, 1.54) is 17.8 Å². The van der Waals surface area contributed by atoms with Crippen LogP contribution in [0.25, 0.3) is 0 Å². The van der Waals surface area contributed by atoms with Crippen molar-refractivity contribution in [2.75, 3.05) is 6.26 Å². The van der Waals surface area contributed by atoms with Crippen LogP contribution in [0, 0.1) is 11.6 Å². The normalized spacial score (nSPS) is 10.3. The molecule has 0 aliphatic rings. The molecule has 2 N–H and O–H groups in total. The molecule has 0 aliphatic heterocycles. The summed E-state index contributed by atoms with van der Waals surface area (Å²) < 4.78 is 32.0. The lowest BCUT2D eigenvalue weighted by Crippen LogP contribution is -2.12. The molecule has 6 heteroatoms. The third-order valence-electron chi connectivity index (χ3n) is 2.57. The van der Waals surface area contributed by atoms with Gasteiger partial charge in [0, 0.05) is 11.0 Å². The Morgan fingerprint density at radius 1 is 1.20 bits per heavy atom. The van der Waals surface area contributed by atoms with Crippen molar-refractivity contribution < 1.29 is 13.5 Å². The maximum Gasteiger partial charge on any atom is 0.168 e. The standard InChI is InChI=1S/C14H11F2NOS2/c1-20-12-4-2-3-11(13(12)14(17)19)18-10-6-5-8(15)7-9(10)16/h2-7H,1H3,(H2,17,19). The van der Waals surface area contributed by atoms with Crippen LogP contribution in [0.1, 0.15) is 5.56 Å². The number of hydrogen-bond acceptors (Lipinski definition) is 3. The summed E-state index contributed by atoms with van der Waals surface area (Å²) >= 11 is 6.46. The Bertz CT molecular complexity index is 662. The van der Waals surface area contributed by atoms with Crippen LogP contribution < -0.4 is 10.5 Å². The summed E-state index contributed by atoms with van der Waals surface area (Å²) in [6.45, 7) is 0. The van der Waals surface area contributed by atoms with E-state index in [4.69, 9.17) is 22.7 Å². The monoisotopic (exact) mass is 311 g/mol. The molecule has 0 fully saturated rings. The highest BCUT2D eigenvalue weighted by atomic mass is 32.2. The third kappa shape index (κ3) is 3.08. The highest BCUT2D eigenvalue weighted by Gasteiger charge is 2.14. The molecule has 0 bridgehead atoms. The van der Waals surface area contributed by atoms with Gasteiger partial charge in [0.1, 0.15) is 16.6 Å². The summed E-state index contributed by atoms with van der Waals surface area (Å²) in [5.41, 5.74) is 6.23. The van der Waals surface area contributed by atoms with Crippen molar-refractivity contribution in [3.8, 4) is 11.5 Å². The van der Waals surface area contributed by atoms with Gasteiger partial charge in [0.15, 0.2) is 11.6 Å². The second-order valence-corrected chi connectivity index (χ2v) is 5.16. The van der Waals surface area contributed by atoms with E-state index < -0.39 is 11.6 Å². The first-order chi connectivity index (χ1) is 9.52. The van der Waals surface area contributed by atoms with Crippen molar-refractivity contribution in [3.05, 3.63) is 53.6 Å². The number of thiocarbonyl (C=S) groups is 1. The van der Waals surface area contributed by atoms with E-state index >= 15 is 0 Å². The van der Waals surface area contributed by atoms with Crippen LogP contribution in [-0.2, 0) is 0 Å². The maximum atomic E-state index is 13.6. The van der Waals surface area contributed by atoms with E-state index in [2.05, 4.69) is 0 Å². The minimum Gasteiger partial charge on any atom is -0.453 e. The van der Waals surface area contributed by atoms with E-state index in [1.807, 2.05) is 12.3 Å². The Hall–Kier alpha value is -1.66. The molecule has 0 aromatic heterocycles. The van der Waals surface area contributed by atoms with Crippen LogP contribution in [0.4, 0.5) is 8.78 Å². The van der Waals surface area contributed by atoms with Crippen molar-refractivity contribution in [1.29, 1.82) is 0 Å². The average Bonchev–Trinajstić information content (AvgIpc) is 2.41. The molecule has 2 aromatic rings. The van der Waals surface area contributed by atoms with Crippen LogP contribution >= 0.6 is 24.0 Å². The molecule has 20 heavy (non-hydrogen) atoms. The van der Waals surface area contributed by atoms with Gasteiger partial charge in [-0.05, 0) is 30.5 Å². The first kappa shape index (κ1) is 14.7. The first-order valence-corrected chi connectivity index (χ1v) is 7.26. The predicted molar refractivity (Wildman–Crippen MR) is 80.5 cm³/mol. The number of ether oxygens (including phenoxy) is 1. The Balaban J connectivity index is 2.45. The fourth-order valence-corrected chi connectivity index (χ4v) is 2.59. The largest absolute Gasteiger partial charge is 0.453 e. The van der Waals surface area contributed by atoms with Gasteiger partial charge in [-0.3, -0.25) is 0 Å². The zero-order chi connectivity index (χ0) is 14.7. The van der Waals surface area contributed by atoms with Crippen molar-refractivity contribution >= 4 is 29.0 Å². The van der Waals surface area contributed by atoms with Crippen molar-refractivity contribution in [2.24, 2.45) is 5.73 Å². The number of rotatable bonds is 4. The van der Waals surface area contributed by atoms with Gasteiger partial charge in [-0.2, -0.15) is 0 Å². The Kier molecular flexibility index (Phi) is 4.57. The minimum absolute atomic E-state index is 0.0813.